The minimum absolute atomic E-state index is 0.0748. The van der Waals surface area contributed by atoms with Crippen LogP contribution in [0.4, 0.5) is 14.5 Å². The quantitative estimate of drug-likeness (QED) is 0.756. The second-order valence-corrected chi connectivity index (χ2v) is 9.15. The molecule has 5 rings (SSSR count). The van der Waals surface area contributed by atoms with E-state index in [0.717, 1.165) is 38.2 Å². The highest BCUT2D eigenvalue weighted by atomic mass is 79.9. The molecule has 1 aromatic rings. The third kappa shape index (κ3) is 2.29. The molecular formula is C17H18BrF2NO. The zero-order valence-corrected chi connectivity index (χ0v) is 13.8. The van der Waals surface area contributed by atoms with Crippen molar-refractivity contribution in [1.82, 2.24) is 0 Å². The standard InChI is InChI=1S/C17H18BrF2NO/c18-17-7-10-3-11(8-17)6-16(5-10,9-17)15(22)21-14-2-1-12(19)4-13(14)20/h1-2,4,10-11H,3,5-9H2,(H,21,22)/t10-,11-,16?,17?/m0/s1. The number of alkyl halides is 1. The summed E-state index contributed by atoms with van der Waals surface area (Å²) in [6.45, 7) is 0. The van der Waals surface area contributed by atoms with Gasteiger partial charge >= 0.3 is 0 Å². The van der Waals surface area contributed by atoms with Crippen LogP contribution in [0.1, 0.15) is 38.5 Å². The third-order valence-electron chi connectivity index (χ3n) is 5.65. The first kappa shape index (κ1) is 14.6. The molecular weight excluding hydrogens is 352 g/mol. The molecule has 4 aliphatic carbocycles. The van der Waals surface area contributed by atoms with Crippen LogP contribution in [0, 0.1) is 28.9 Å². The fourth-order valence-electron chi connectivity index (χ4n) is 5.26. The summed E-state index contributed by atoms with van der Waals surface area (Å²) >= 11 is 3.87. The summed E-state index contributed by atoms with van der Waals surface area (Å²) in [7, 11) is 0. The topological polar surface area (TPSA) is 29.1 Å². The Bertz CT molecular complexity index is 634. The molecule has 4 aliphatic rings. The molecule has 0 aromatic heterocycles. The molecule has 4 bridgehead atoms. The first-order valence-corrected chi connectivity index (χ1v) is 8.62. The molecule has 0 aliphatic heterocycles. The summed E-state index contributed by atoms with van der Waals surface area (Å²) in [5, 5.41) is 2.71. The smallest absolute Gasteiger partial charge is 0.230 e. The number of nitrogens with one attached hydrogen (secondary N) is 1. The lowest BCUT2D eigenvalue weighted by molar-refractivity contribution is -0.138. The van der Waals surface area contributed by atoms with Gasteiger partial charge in [-0.2, -0.15) is 0 Å². The van der Waals surface area contributed by atoms with E-state index >= 15 is 0 Å². The van der Waals surface area contributed by atoms with E-state index in [1.165, 1.54) is 18.6 Å². The minimum Gasteiger partial charge on any atom is -0.323 e. The fraction of sp³-hybridized carbons (Fsp3) is 0.588. The summed E-state index contributed by atoms with van der Waals surface area (Å²) in [6, 6.07) is 3.28. The van der Waals surface area contributed by atoms with Crippen molar-refractivity contribution in [2.75, 3.05) is 5.32 Å². The van der Waals surface area contributed by atoms with E-state index < -0.39 is 17.0 Å². The van der Waals surface area contributed by atoms with E-state index in [9.17, 15) is 13.6 Å². The zero-order valence-electron chi connectivity index (χ0n) is 12.2. The number of rotatable bonds is 2. The first-order chi connectivity index (χ1) is 10.4. The second kappa shape index (κ2) is 4.76. The lowest BCUT2D eigenvalue weighted by atomic mass is 9.49. The van der Waals surface area contributed by atoms with Gasteiger partial charge in [-0.3, -0.25) is 4.79 Å². The number of benzene rings is 1. The van der Waals surface area contributed by atoms with Gasteiger partial charge in [0.05, 0.1) is 11.1 Å². The lowest BCUT2D eigenvalue weighted by Crippen LogP contribution is -2.57. The highest BCUT2D eigenvalue weighted by Crippen LogP contribution is 2.64. The van der Waals surface area contributed by atoms with Crippen molar-refractivity contribution in [2.24, 2.45) is 17.3 Å². The SMILES string of the molecule is O=C(Nc1ccc(F)cc1F)C12C[C@@H]3C[C@H](CC(Br)(C3)C1)C2. The summed E-state index contributed by atoms with van der Waals surface area (Å²) in [4.78, 5) is 12.9. The molecule has 0 saturated heterocycles. The molecule has 0 radical (unpaired) electrons. The first-order valence-electron chi connectivity index (χ1n) is 7.83. The van der Waals surface area contributed by atoms with Gasteiger partial charge in [-0.1, -0.05) is 15.9 Å². The number of hydrogen-bond acceptors (Lipinski definition) is 1. The molecule has 0 spiro atoms. The average molecular weight is 370 g/mol. The van der Waals surface area contributed by atoms with Crippen LogP contribution in [0.25, 0.3) is 0 Å². The molecule has 0 unspecified atom stereocenters. The number of anilines is 1. The number of halogens is 3. The summed E-state index contributed by atoms with van der Waals surface area (Å²) in [6.07, 6.45) is 6.11. The highest BCUT2D eigenvalue weighted by Gasteiger charge is 2.59. The molecule has 0 heterocycles. The Morgan fingerprint density at radius 3 is 2.45 bits per heavy atom. The fourth-order valence-corrected chi connectivity index (χ4v) is 6.71. The van der Waals surface area contributed by atoms with E-state index in [1.54, 1.807) is 0 Å². The highest BCUT2D eigenvalue weighted by molar-refractivity contribution is 9.10. The second-order valence-electron chi connectivity index (χ2n) is 7.47. The van der Waals surface area contributed by atoms with Crippen LogP contribution in [0.15, 0.2) is 18.2 Å². The van der Waals surface area contributed by atoms with Crippen molar-refractivity contribution in [3.63, 3.8) is 0 Å². The molecule has 22 heavy (non-hydrogen) atoms. The van der Waals surface area contributed by atoms with Crippen LogP contribution < -0.4 is 5.32 Å². The van der Waals surface area contributed by atoms with Crippen molar-refractivity contribution in [3.8, 4) is 0 Å². The minimum atomic E-state index is -0.716. The number of amides is 1. The molecule has 5 heteroatoms. The van der Waals surface area contributed by atoms with E-state index in [0.29, 0.717) is 11.8 Å². The van der Waals surface area contributed by atoms with Crippen molar-refractivity contribution >= 4 is 27.5 Å². The predicted octanol–water partition coefficient (Wildman–Crippen LogP) is 4.64. The number of hydrogen-bond donors (Lipinski definition) is 1. The van der Waals surface area contributed by atoms with Gasteiger partial charge in [0.15, 0.2) is 0 Å². The average Bonchev–Trinajstić information content (AvgIpc) is 2.39. The van der Waals surface area contributed by atoms with Crippen LogP contribution in [0.5, 0.6) is 0 Å². The summed E-state index contributed by atoms with van der Waals surface area (Å²) < 4.78 is 26.9. The van der Waals surface area contributed by atoms with Crippen molar-refractivity contribution in [3.05, 3.63) is 29.8 Å². The van der Waals surface area contributed by atoms with Gasteiger partial charge in [0.2, 0.25) is 5.91 Å². The molecule has 4 fully saturated rings. The summed E-state index contributed by atoms with van der Waals surface area (Å²) in [5.41, 5.74) is -0.320. The van der Waals surface area contributed by atoms with Gasteiger partial charge in [-0.15, -0.1) is 0 Å². The van der Waals surface area contributed by atoms with Crippen LogP contribution in [0.2, 0.25) is 0 Å². The molecule has 1 aromatic carbocycles. The Kier molecular flexibility index (Phi) is 3.16. The molecule has 4 saturated carbocycles. The third-order valence-corrected chi connectivity index (χ3v) is 6.58. The Labute approximate surface area is 136 Å². The van der Waals surface area contributed by atoms with E-state index in [-0.39, 0.29) is 15.9 Å². The van der Waals surface area contributed by atoms with Crippen molar-refractivity contribution < 1.29 is 13.6 Å². The van der Waals surface area contributed by atoms with Gasteiger partial charge in [0, 0.05) is 10.4 Å². The maximum absolute atomic E-state index is 13.8. The normalized spacial score (nSPS) is 39.0. The number of carbonyl (C=O) groups excluding carboxylic acids is 1. The van der Waals surface area contributed by atoms with Crippen molar-refractivity contribution in [2.45, 2.75) is 42.8 Å². The van der Waals surface area contributed by atoms with Crippen LogP contribution in [-0.2, 0) is 4.79 Å². The van der Waals surface area contributed by atoms with Gasteiger partial charge in [0.1, 0.15) is 11.6 Å². The molecule has 2 nitrogen and oxygen atoms in total. The van der Waals surface area contributed by atoms with E-state index in [1.807, 2.05) is 0 Å². The summed E-state index contributed by atoms with van der Waals surface area (Å²) in [5.74, 6) is -0.277. The molecule has 118 valence electrons. The monoisotopic (exact) mass is 369 g/mol. The Hall–Kier alpha value is -0.970. The molecule has 2 atom stereocenters. The van der Waals surface area contributed by atoms with Crippen molar-refractivity contribution in [1.29, 1.82) is 0 Å². The maximum Gasteiger partial charge on any atom is 0.230 e. The van der Waals surface area contributed by atoms with Gasteiger partial charge in [0.25, 0.3) is 0 Å². The lowest BCUT2D eigenvalue weighted by Gasteiger charge is -2.59. The maximum atomic E-state index is 13.8. The Balaban J connectivity index is 1.60. The van der Waals surface area contributed by atoms with Crippen LogP contribution in [0.3, 0.4) is 0 Å². The van der Waals surface area contributed by atoms with Gasteiger partial charge in [-0.25, -0.2) is 8.78 Å². The van der Waals surface area contributed by atoms with E-state index in [2.05, 4.69) is 21.2 Å². The molecule has 1 amide bonds. The Morgan fingerprint density at radius 1 is 1.18 bits per heavy atom. The van der Waals surface area contributed by atoms with E-state index in [4.69, 9.17) is 0 Å². The van der Waals surface area contributed by atoms with Crippen LogP contribution in [-0.4, -0.2) is 10.2 Å². The zero-order chi connectivity index (χ0) is 15.5. The predicted molar refractivity (Wildman–Crippen MR) is 83.8 cm³/mol. The molecule has 1 N–H and O–H groups in total. The Morgan fingerprint density at radius 2 is 1.86 bits per heavy atom. The van der Waals surface area contributed by atoms with Gasteiger partial charge in [-0.05, 0) is 62.5 Å². The van der Waals surface area contributed by atoms with Crippen LogP contribution >= 0.6 is 15.9 Å². The largest absolute Gasteiger partial charge is 0.323 e. The van der Waals surface area contributed by atoms with Gasteiger partial charge < -0.3 is 5.32 Å². The number of carbonyl (C=O) groups is 1.